The van der Waals surface area contributed by atoms with E-state index in [9.17, 15) is 19.4 Å². The van der Waals surface area contributed by atoms with Gasteiger partial charge in [0.15, 0.2) is 0 Å². The molecular formula is C73H147N2O6P. The molecule has 0 bridgehead atoms. The lowest BCUT2D eigenvalue weighted by molar-refractivity contribution is -0.870. The van der Waals surface area contributed by atoms with Crippen LogP contribution in [-0.4, -0.2) is 68.5 Å². The number of allylic oxidation sites excluding steroid dienone is 2. The van der Waals surface area contributed by atoms with Crippen LogP contribution in [0.5, 0.6) is 0 Å². The highest BCUT2D eigenvalue weighted by atomic mass is 31.2. The molecule has 82 heavy (non-hydrogen) atoms. The molecule has 0 fully saturated rings. The Bertz CT molecular complexity index is 1340. The predicted molar refractivity (Wildman–Crippen MR) is 358 cm³/mol. The van der Waals surface area contributed by atoms with E-state index in [2.05, 4.69) is 31.3 Å². The predicted octanol–water partition coefficient (Wildman–Crippen LogP) is 23.0. The van der Waals surface area contributed by atoms with Crippen molar-refractivity contribution < 1.29 is 32.9 Å². The second-order valence-electron chi connectivity index (χ2n) is 27.0. The maximum Gasteiger partial charge on any atom is 0.268 e. The van der Waals surface area contributed by atoms with Crippen LogP contribution >= 0.6 is 7.82 Å². The number of nitrogens with one attached hydrogen (secondary N) is 1. The van der Waals surface area contributed by atoms with Gasteiger partial charge in [0.05, 0.1) is 39.9 Å². The Morgan fingerprint density at radius 2 is 0.671 bits per heavy atom. The maximum absolute atomic E-state index is 13.1. The molecule has 0 saturated carbocycles. The van der Waals surface area contributed by atoms with E-state index in [4.69, 9.17) is 9.05 Å². The van der Waals surface area contributed by atoms with Crippen molar-refractivity contribution in [3.05, 3.63) is 12.2 Å². The molecule has 9 heteroatoms. The average Bonchev–Trinajstić information content (AvgIpc) is 3.47. The summed E-state index contributed by atoms with van der Waals surface area (Å²) in [4.78, 5) is 25.7. The Balaban J connectivity index is 3.92. The van der Waals surface area contributed by atoms with Crippen molar-refractivity contribution >= 4 is 13.7 Å². The van der Waals surface area contributed by atoms with Gasteiger partial charge < -0.3 is 28.8 Å². The first-order valence-electron chi connectivity index (χ1n) is 37.0. The lowest BCUT2D eigenvalue weighted by Crippen LogP contribution is -2.46. The number of amides is 1. The molecule has 2 N–H and O–H groups in total. The lowest BCUT2D eigenvalue weighted by Gasteiger charge is -2.30. The summed E-state index contributed by atoms with van der Waals surface area (Å²) in [5, 5.41) is 14.1. The van der Waals surface area contributed by atoms with E-state index in [0.717, 1.165) is 38.5 Å². The number of carbonyl (C=O) groups is 1. The summed E-state index contributed by atoms with van der Waals surface area (Å²) in [5.74, 6) is -0.155. The molecule has 0 radical (unpaired) electrons. The van der Waals surface area contributed by atoms with E-state index in [0.29, 0.717) is 23.9 Å². The van der Waals surface area contributed by atoms with Crippen molar-refractivity contribution in [2.24, 2.45) is 0 Å². The minimum absolute atomic E-state index is 0.0158. The van der Waals surface area contributed by atoms with Gasteiger partial charge in [-0.25, -0.2) is 0 Å². The fourth-order valence-electron chi connectivity index (χ4n) is 11.7. The molecule has 8 nitrogen and oxygen atoms in total. The van der Waals surface area contributed by atoms with E-state index in [1.165, 1.54) is 334 Å². The van der Waals surface area contributed by atoms with Gasteiger partial charge in [-0.05, 0) is 38.5 Å². The second kappa shape index (κ2) is 64.7. The number of unbranched alkanes of at least 4 members (excludes halogenated alkanes) is 55. The van der Waals surface area contributed by atoms with Gasteiger partial charge in [-0.1, -0.05) is 366 Å². The fourth-order valence-corrected chi connectivity index (χ4v) is 12.5. The fraction of sp³-hybridized carbons (Fsp3) is 0.959. The van der Waals surface area contributed by atoms with E-state index >= 15 is 0 Å². The molecule has 490 valence electrons. The zero-order chi connectivity index (χ0) is 59.8. The van der Waals surface area contributed by atoms with Crippen LogP contribution in [0.4, 0.5) is 0 Å². The third-order valence-corrected chi connectivity index (χ3v) is 18.5. The number of hydrogen-bond donors (Lipinski definition) is 2. The molecule has 0 heterocycles. The van der Waals surface area contributed by atoms with E-state index in [-0.39, 0.29) is 19.1 Å². The molecule has 3 atom stereocenters. The molecule has 1 amide bonds. The van der Waals surface area contributed by atoms with Crippen LogP contribution in [-0.2, 0) is 18.4 Å². The summed E-state index contributed by atoms with van der Waals surface area (Å²) in [6.45, 7) is 4.80. The van der Waals surface area contributed by atoms with Gasteiger partial charge in [0, 0.05) is 6.42 Å². The van der Waals surface area contributed by atoms with Crippen LogP contribution in [0.2, 0.25) is 0 Å². The highest BCUT2D eigenvalue weighted by Gasteiger charge is 2.24. The third-order valence-electron chi connectivity index (χ3n) is 17.5. The Labute approximate surface area is 513 Å². The highest BCUT2D eigenvalue weighted by molar-refractivity contribution is 7.45. The topological polar surface area (TPSA) is 108 Å². The smallest absolute Gasteiger partial charge is 0.268 e. The first-order valence-corrected chi connectivity index (χ1v) is 38.5. The number of phosphoric acid groups is 1. The number of quaternary nitrogens is 1. The summed E-state index contributed by atoms with van der Waals surface area (Å²) < 4.78 is 23.6. The van der Waals surface area contributed by atoms with Gasteiger partial charge in [-0.3, -0.25) is 9.36 Å². The van der Waals surface area contributed by atoms with E-state index in [1.807, 2.05) is 21.1 Å². The van der Waals surface area contributed by atoms with Crippen molar-refractivity contribution in [3.8, 4) is 0 Å². The zero-order valence-electron chi connectivity index (χ0n) is 56.2. The van der Waals surface area contributed by atoms with Crippen LogP contribution < -0.4 is 10.2 Å². The Morgan fingerprint density at radius 3 is 0.951 bits per heavy atom. The molecular weight excluding hydrogens is 1030 g/mol. The van der Waals surface area contributed by atoms with Gasteiger partial charge in [-0.15, -0.1) is 0 Å². The van der Waals surface area contributed by atoms with Crippen LogP contribution in [0.1, 0.15) is 399 Å². The Kier molecular flexibility index (Phi) is 64.1. The molecule has 0 rings (SSSR count). The van der Waals surface area contributed by atoms with Crippen LogP contribution in [0, 0.1) is 0 Å². The van der Waals surface area contributed by atoms with Gasteiger partial charge in [0.1, 0.15) is 13.2 Å². The van der Waals surface area contributed by atoms with Crippen molar-refractivity contribution in [1.82, 2.24) is 5.32 Å². The molecule has 0 aromatic carbocycles. The number of phosphoric ester groups is 1. The Morgan fingerprint density at radius 1 is 0.415 bits per heavy atom. The summed E-state index contributed by atoms with van der Waals surface area (Å²) in [6, 6.07) is -0.799. The first-order chi connectivity index (χ1) is 40.0. The van der Waals surface area contributed by atoms with Gasteiger partial charge in [0.2, 0.25) is 5.91 Å². The number of aliphatic hydroxyl groups is 1. The summed E-state index contributed by atoms with van der Waals surface area (Å²) in [7, 11) is 1.33. The molecule has 0 aliphatic heterocycles. The second-order valence-corrected chi connectivity index (χ2v) is 28.4. The minimum atomic E-state index is -4.58. The summed E-state index contributed by atoms with van der Waals surface area (Å²) in [6.07, 6.45) is 83.1. The molecule has 0 saturated heterocycles. The maximum atomic E-state index is 13.1. The SMILES string of the molecule is CCCCCCCCCCCCCCCCCC/C=C\CCCCCCCCCCCCCCCCCCCC(=O)NC(COP(=O)([O-])OCC[N+](C)(C)C)C(O)CCCCCCCCCCCCCCCCCCCCCCCCC. The molecule has 0 aliphatic carbocycles. The average molecular weight is 1180 g/mol. The standard InChI is InChI=1S/C73H147N2O6P/c1-6-8-10-12-14-16-18-20-22-24-26-28-30-31-32-33-34-35-36-37-38-39-40-41-42-43-45-47-49-51-53-55-57-59-61-63-65-67-73(77)74-71(70-81-82(78,79)80-69-68-75(3,4)5)72(76)66-64-62-60-58-56-54-52-50-48-46-44-29-27-25-23-21-19-17-15-13-11-9-7-2/h35-36,71-72,76H,6-34,37-70H2,1-5H3,(H-,74,77,78,79)/b36-35-. The van der Waals surface area contributed by atoms with E-state index in [1.54, 1.807) is 0 Å². The lowest BCUT2D eigenvalue weighted by atomic mass is 10.0. The van der Waals surface area contributed by atoms with E-state index < -0.39 is 20.0 Å². The number of likely N-dealkylation sites (N-methyl/N-ethyl adjacent to an activating group) is 1. The van der Waals surface area contributed by atoms with Gasteiger partial charge in [0.25, 0.3) is 7.82 Å². The number of hydrogen-bond acceptors (Lipinski definition) is 6. The monoisotopic (exact) mass is 1180 g/mol. The van der Waals surface area contributed by atoms with Crippen molar-refractivity contribution in [2.45, 2.75) is 411 Å². The normalized spacial score (nSPS) is 13.6. The van der Waals surface area contributed by atoms with Gasteiger partial charge in [-0.2, -0.15) is 0 Å². The van der Waals surface area contributed by atoms with Crippen LogP contribution in [0.25, 0.3) is 0 Å². The van der Waals surface area contributed by atoms with Crippen molar-refractivity contribution in [1.29, 1.82) is 0 Å². The molecule has 3 unspecified atom stereocenters. The van der Waals surface area contributed by atoms with Gasteiger partial charge >= 0.3 is 0 Å². The van der Waals surface area contributed by atoms with Crippen molar-refractivity contribution in [2.75, 3.05) is 40.9 Å². The zero-order valence-corrected chi connectivity index (χ0v) is 57.1. The first kappa shape index (κ1) is 81.2. The summed E-state index contributed by atoms with van der Waals surface area (Å²) in [5.41, 5.74) is 0. The number of aliphatic hydroxyl groups excluding tert-OH is 1. The largest absolute Gasteiger partial charge is 0.756 e. The Hall–Kier alpha value is -0.760. The highest BCUT2D eigenvalue weighted by Crippen LogP contribution is 2.38. The minimum Gasteiger partial charge on any atom is -0.756 e. The number of nitrogens with zero attached hydrogens (tertiary/aromatic N) is 1. The molecule has 0 spiro atoms. The van der Waals surface area contributed by atoms with Crippen molar-refractivity contribution in [3.63, 3.8) is 0 Å². The molecule has 0 aromatic heterocycles. The third kappa shape index (κ3) is 66.8. The summed E-state index contributed by atoms with van der Waals surface area (Å²) >= 11 is 0. The molecule has 0 aliphatic rings. The molecule has 0 aromatic rings. The number of carbonyl (C=O) groups excluding carboxylic acids is 1. The quantitative estimate of drug-likeness (QED) is 0.0272. The van der Waals surface area contributed by atoms with Crippen LogP contribution in [0.3, 0.4) is 0 Å². The number of rotatable bonds is 70. The van der Waals surface area contributed by atoms with Crippen LogP contribution in [0.15, 0.2) is 12.2 Å².